The molecule has 0 aliphatic heterocycles. The van der Waals surface area contributed by atoms with Crippen LogP contribution in [0.15, 0.2) is 53.0 Å². The molecular weight excluding hydrogens is 322 g/mol. The van der Waals surface area contributed by atoms with E-state index in [0.717, 1.165) is 10.0 Å². The number of hydrogen-bond donors (Lipinski definition) is 2. The number of anilines is 1. The van der Waals surface area contributed by atoms with E-state index in [2.05, 4.69) is 21.2 Å². The number of aliphatic hydroxyl groups excluding tert-OH is 1. The Morgan fingerprint density at radius 1 is 1.15 bits per heavy atom. The fourth-order valence-corrected chi connectivity index (χ4v) is 2.23. The minimum atomic E-state index is -0.532. The average molecular weight is 336 g/mol. The Morgan fingerprint density at radius 2 is 1.90 bits per heavy atom. The number of carbonyl (C=O) groups excluding carboxylic acids is 1. The Bertz CT molecular complexity index is 587. The Labute approximate surface area is 125 Å². The number of ether oxygens (including phenoxy) is 1. The van der Waals surface area contributed by atoms with Gasteiger partial charge < -0.3 is 9.84 Å². The standard InChI is InChI=1S/C15H14BrNO3/c16-13-6-12(9-18)7-14(8-13)17-15(19)20-10-11-4-2-1-3-5-11/h1-8,18H,9-10H2,(H,17,19). The van der Waals surface area contributed by atoms with Gasteiger partial charge >= 0.3 is 6.09 Å². The zero-order valence-corrected chi connectivity index (χ0v) is 12.3. The third-order valence-corrected chi connectivity index (χ3v) is 3.06. The summed E-state index contributed by atoms with van der Waals surface area (Å²) >= 11 is 3.32. The quantitative estimate of drug-likeness (QED) is 0.895. The minimum Gasteiger partial charge on any atom is -0.444 e. The van der Waals surface area contributed by atoms with Gasteiger partial charge in [0.1, 0.15) is 6.61 Å². The Balaban J connectivity index is 1.93. The fraction of sp³-hybridized carbons (Fsp3) is 0.133. The van der Waals surface area contributed by atoms with Crippen molar-refractivity contribution in [1.29, 1.82) is 0 Å². The van der Waals surface area contributed by atoms with Crippen molar-refractivity contribution in [2.24, 2.45) is 0 Å². The number of halogens is 1. The number of amides is 1. The van der Waals surface area contributed by atoms with E-state index < -0.39 is 6.09 Å². The van der Waals surface area contributed by atoms with Crippen molar-refractivity contribution in [2.75, 3.05) is 5.32 Å². The van der Waals surface area contributed by atoms with Crippen LogP contribution in [0.5, 0.6) is 0 Å². The first-order chi connectivity index (χ1) is 9.67. The zero-order valence-electron chi connectivity index (χ0n) is 10.7. The zero-order chi connectivity index (χ0) is 14.4. The lowest BCUT2D eigenvalue weighted by Crippen LogP contribution is -2.13. The summed E-state index contributed by atoms with van der Waals surface area (Å²) in [6.45, 7) is 0.126. The molecule has 104 valence electrons. The fourth-order valence-electron chi connectivity index (χ4n) is 1.69. The number of carbonyl (C=O) groups is 1. The molecule has 0 heterocycles. The average Bonchev–Trinajstić information content (AvgIpc) is 2.45. The van der Waals surface area contributed by atoms with E-state index in [1.165, 1.54) is 0 Å². The summed E-state index contributed by atoms with van der Waals surface area (Å²) in [6.07, 6.45) is -0.532. The molecule has 2 N–H and O–H groups in total. The van der Waals surface area contributed by atoms with Crippen molar-refractivity contribution in [3.05, 3.63) is 64.1 Å². The lowest BCUT2D eigenvalue weighted by molar-refractivity contribution is 0.155. The summed E-state index contributed by atoms with van der Waals surface area (Å²) in [6, 6.07) is 14.7. The maximum Gasteiger partial charge on any atom is 0.411 e. The molecule has 0 spiro atoms. The first kappa shape index (κ1) is 14.6. The second-order valence-electron chi connectivity index (χ2n) is 4.19. The Hall–Kier alpha value is -1.85. The van der Waals surface area contributed by atoms with Gasteiger partial charge in [0.15, 0.2) is 0 Å². The van der Waals surface area contributed by atoms with E-state index in [9.17, 15) is 4.79 Å². The molecule has 0 aliphatic rings. The maximum atomic E-state index is 11.7. The van der Waals surface area contributed by atoms with Gasteiger partial charge in [-0.2, -0.15) is 0 Å². The molecule has 2 aromatic carbocycles. The van der Waals surface area contributed by atoms with E-state index in [0.29, 0.717) is 11.3 Å². The monoisotopic (exact) mass is 335 g/mol. The van der Waals surface area contributed by atoms with Gasteiger partial charge in [-0.15, -0.1) is 0 Å². The number of benzene rings is 2. The molecule has 1 amide bonds. The highest BCUT2D eigenvalue weighted by molar-refractivity contribution is 9.10. The Kier molecular flexibility index (Phi) is 5.15. The van der Waals surface area contributed by atoms with Crippen molar-refractivity contribution in [3.8, 4) is 0 Å². The molecule has 0 atom stereocenters. The molecule has 0 bridgehead atoms. The summed E-state index contributed by atoms with van der Waals surface area (Å²) in [4.78, 5) is 11.7. The van der Waals surface area contributed by atoms with Crippen LogP contribution in [0.2, 0.25) is 0 Å². The number of aliphatic hydroxyl groups is 1. The molecule has 0 unspecified atom stereocenters. The molecule has 2 rings (SSSR count). The van der Waals surface area contributed by atoms with Gasteiger partial charge in [-0.1, -0.05) is 46.3 Å². The molecule has 2 aromatic rings. The van der Waals surface area contributed by atoms with Crippen molar-refractivity contribution in [1.82, 2.24) is 0 Å². The van der Waals surface area contributed by atoms with E-state index in [4.69, 9.17) is 9.84 Å². The van der Waals surface area contributed by atoms with E-state index in [1.807, 2.05) is 30.3 Å². The number of nitrogens with one attached hydrogen (secondary N) is 1. The van der Waals surface area contributed by atoms with Crippen LogP contribution in [0.25, 0.3) is 0 Å². The molecule has 0 saturated heterocycles. The van der Waals surface area contributed by atoms with Crippen LogP contribution in [0.3, 0.4) is 0 Å². The van der Waals surface area contributed by atoms with Gasteiger partial charge in [-0.05, 0) is 29.3 Å². The highest BCUT2D eigenvalue weighted by atomic mass is 79.9. The number of hydrogen-bond acceptors (Lipinski definition) is 3. The molecular formula is C15H14BrNO3. The summed E-state index contributed by atoms with van der Waals surface area (Å²) in [5.74, 6) is 0. The molecule has 0 radical (unpaired) electrons. The molecule has 4 nitrogen and oxygen atoms in total. The second-order valence-corrected chi connectivity index (χ2v) is 5.11. The summed E-state index contributed by atoms with van der Waals surface area (Å²) in [5, 5.41) is 11.7. The third kappa shape index (κ3) is 4.36. The van der Waals surface area contributed by atoms with Crippen LogP contribution in [0, 0.1) is 0 Å². The molecule has 0 aromatic heterocycles. The van der Waals surface area contributed by atoms with Crippen molar-refractivity contribution < 1.29 is 14.6 Å². The van der Waals surface area contributed by atoms with Gasteiger partial charge in [0.2, 0.25) is 0 Å². The van der Waals surface area contributed by atoms with Gasteiger partial charge in [0.25, 0.3) is 0 Å². The first-order valence-corrected chi connectivity index (χ1v) is 6.84. The van der Waals surface area contributed by atoms with Crippen molar-refractivity contribution in [2.45, 2.75) is 13.2 Å². The van der Waals surface area contributed by atoms with Crippen LogP contribution in [-0.4, -0.2) is 11.2 Å². The largest absolute Gasteiger partial charge is 0.444 e. The topological polar surface area (TPSA) is 58.6 Å². The van der Waals surface area contributed by atoms with Crippen molar-refractivity contribution in [3.63, 3.8) is 0 Å². The van der Waals surface area contributed by atoms with Gasteiger partial charge in [0.05, 0.1) is 6.61 Å². The highest BCUT2D eigenvalue weighted by Crippen LogP contribution is 2.20. The van der Waals surface area contributed by atoms with Crippen LogP contribution in [-0.2, 0) is 18.0 Å². The van der Waals surface area contributed by atoms with Crippen LogP contribution >= 0.6 is 15.9 Å². The van der Waals surface area contributed by atoms with Crippen molar-refractivity contribution >= 4 is 27.7 Å². The molecule has 5 heteroatoms. The third-order valence-electron chi connectivity index (χ3n) is 2.60. The smallest absolute Gasteiger partial charge is 0.411 e. The lowest BCUT2D eigenvalue weighted by atomic mass is 10.2. The first-order valence-electron chi connectivity index (χ1n) is 6.05. The molecule has 0 fully saturated rings. The van der Waals surface area contributed by atoms with E-state index >= 15 is 0 Å². The second kappa shape index (κ2) is 7.07. The van der Waals surface area contributed by atoms with Crippen LogP contribution in [0.4, 0.5) is 10.5 Å². The number of rotatable bonds is 4. The van der Waals surface area contributed by atoms with E-state index in [1.54, 1.807) is 18.2 Å². The minimum absolute atomic E-state index is 0.0901. The van der Waals surface area contributed by atoms with E-state index in [-0.39, 0.29) is 13.2 Å². The van der Waals surface area contributed by atoms with Crippen LogP contribution in [0.1, 0.15) is 11.1 Å². The lowest BCUT2D eigenvalue weighted by Gasteiger charge is -2.08. The molecule has 0 aliphatic carbocycles. The predicted molar refractivity (Wildman–Crippen MR) is 80.3 cm³/mol. The molecule has 0 saturated carbocycles. The Morgan fingerprint density at radius 3 is 2.60 bits per heavy atom. The van der Waals surface area contributed by atoms with Gasteiger partial charge in [-0.3, -0.25) is 5.32 Å². The van der Waals surface area contributed by atoms with Gasteiger partial charge in [0, 0.05) is 10.2 Å². The SMILES string of the molecule is O=C(Nc1cc(Br)cc(CO)c1)OCc1ccccc1. The summed E-state index contributed by atoms with van der Waals surface area (Å²) in [5.41, 5.74) is 2.20. The summed E-state index contributed by atoms with van der Waals surface area (Å²) in [7, 11) is 0. The highest BCUT2D eigenvalue weighted by Gasteiger charge is 2.05. The maximum absolute atomic E-state index is 11.7. The van der Waals surface area contributed by atoms with Crippen LogP contribution < -0.4 is 5.32 Å². The predicted octanol–water partition coefficient (Wildman–Crippen LogP) is 3.69. The molecule has 20 heavy (non-hydrogen) atoms. The normalized spacial score (nSPS) is 10.1. The van der Waals surface area contributed by atoms with Gasteiger partial charge in [-0.25, -0.2) is 4.79 Å². The summed E-state index contributed by atoms with van der Waals surface area (Å²) < 4.78 is 5.90.